The third-order valence-electron chi connectivity index (χ3n) is 20.3. The van der Waals surface area contributed by atoms with Crippen LogP contribution >= 0.6 is 15.6 Å². The molecule has 0 spiro atoms. The van der Waals surface area contributed by atoms with E-state index in [2.05, 4.69) is 154 Å². The van der Waals surface area contributed by atoms with Gasteiger partial charge in [-0.1, -0.05) is 398 Å². The molecule has 4 N–H and O–H groups in total. The summed E-state index contributed by atoms with van der Waals surface area (Å²) in [5.74, 6) is -1.56. The van der Waals surface area contributed by atoms with E-state index in [0.717, 1.165) is 141 Å². The fourth-order valence-electron chi connectivity index (χ4n) is 13.2. The zero-order chi connectivity index (χ0) is 85.1. The smallest absolute Gasteiger partial charge is 0.463 e. The first-order chi connectivity index (χ1) is 57.2. The van der Waals surface area contributed by atoms with Gasteiger partial charge >= 0.3 is 33.6 Å². The lowest BCUT2D eigenvalue weighted by Crippen LogP contribution is -2.30. The van der Waals surface area contributed by atoms with Crippen molar-refractivity contribution in [2.45, 2.75) is 437 Å². The molecule has 0 aromatic carbocycles. The van der Waals surface area contributed by atoms with Crippen molar-refractivity contribution in [1.29, 1.82) is 0 Å². The Balaban J connectivity index is 4.42. The van der Waals surface area contributed by atoms with E-state index in [1.54, 1.807) is 0 Å². The topological polar surface area (TPSA) is 231 Å². The fraction of sp³-hybridized carbons (Fsp3) is 0.747. The molecule has 0 radical (unpaired) electrons. The predicted octanol–water partition coefficient (Wildman–Crippen LogP) is 29.3. The molecule has 0 aliphatic carbocycles. The number of allylic oxidation sites excluding steroid dienone is 22. The van der Waals surface area contributed by atoms with Gasteiger partial charge < -0.3 is 34.2 Å². The van der Waals surface area contributed by atoms with E-state index in [-0.39, 0.29) is 19.3 Å². The minimum absolute atomic E-state index is 0.0965. The highest BCUT2D eigenvalue weighted by Crippen LogP contribution is 2.45. The van der Waals surface area contributed by atoms with E-state index >= 15 is 0 Å². The van der Waals surface area contributed by atoms with Crippen molar-refractivity contribution in [2.75, 3.05) is 39.6 Å². The molecule has 0 aliphatic rings. The van der Waals surface area contributed by atoms with Gasteiger partial charge in [-0.05, 0) is 135 Å². The second kappa shape index (κ2) is 90.9. The highest BCUT2D eigenvalue weighted by Gasteiger charge is 2.30. The Morgan fingerprint density at radius 2 is 0.453 bits per heavy atom. The molecule has 5 unspecified atom stereocenters. The molecule has 18 heteroatoms. The molecule has 5 atom stereocenters. The molecule has 676 valence electrons. The maximum atomic E-state index is 13.0. The van der Waals surface area contributed by atoms with Crippen molar-refractivity contribution in [2.24, 2.45) is 0 Å². The maximum Gasteiger partial charge on any atom is 0.472 e. The van der Waals surface area contributed by atoms with E-state index in [0.29, 0.717) is 19.3 Å². The molecule has 0 amide bonds. The molecular formula is C99H174O16P2. The summed E-state index contributed by atoms with van der Waals surface area (Å²) < 4.78 is 61.5. The van der Waals surface area contributed by atoms with E-state index in [1.165, 1.54) is 218 Å². The van der Waals surface area contributed by atoms with Crippen LogP contribution in [0.15, 0.2) is 134 Å². The van der Waals surface area contributed by atoms with Gasteiger partial charge in [0.05, 0.1) is 26.4 Å². The first kappa shape index (κ1) is 113. The van der Waals surface area contributed by atoms with Crippen LogP contribution < -0.4 is 0 Å². The lowest BCUT2D eigenvalue weighted by Gasteiger charge is -2.21. The van der Waals surface area contributed by atoms with Crippen molar-refractivity contribution in [3.63, 3.8) is 0 Å². The minimum Gasteiger partial charge on any atom is -0.463 e. The Labute approximate surface area is 715 Å². The van der Waals surface area contributed by atoms with Gasteiger partial charge in [-0.3, -0.25) is 32.5 Å². The normalized spacial score (nSPS) is 14.4. The summed E-state index contributed by atoms with van der Waals surface area (Å²) >= 11 is 0. The predicted molar refractivity (Wildman–Crippen MR) is 491 cm³/mol. The average molecular weight is 1680 g/mol. The van der Waals surface area contributed by atoms with Crippen LogP contribution in [0.2, 0.25) is 0 Å². The number of carbonyl (C=O) groups is 3. The molecule has 16 nitrogen and oxygen atoms in total. The van der Waals surface area contributed by atoms with Crippen molar-refractivity contribution in [3.8, 4) is 0 Å². The van der Waals surface area contributed by atoms with Crippen LogP contribution in [0, 0.1) is 0 Å². The summed E-state index contributed by atoms with van der Waals surface area (Å²) in [4.78, 5) is 58.9. The van der Waals surface area contributed by atoms with Gasteiger partial charge in [0, 0.05) is 19.3 Å². The van der Waals surface area contributed by atoms with Gasteiger partial charge in [0.2, 0.25) is 0 Å². The first-order valence-electron chi connectivity index (χ1n) is 47.5. The van der Waals surface area contributed by atoms with Gasteiger partial charge in [0.25, 0.3) is 0 Å². The second-order valence-electron chi connectivity index (χ2n) is 31.8. The third-order valence-corrected chi connectivity index (χ3v) is 22.2. The fourth-order valence-corrected chi connectivity index (χ4v) is 14.8. The second-order valence-corrected chi connectivity index (χ2v) is 34.7. The van der Waals surface area contributed by atoms with Crippen LogP contribution in [0.25, 0.3) is 0 Å². The Hall–Kier alpha value is -4.31. The Morgan fingerprint density at radius 1 is 0.248 bits per heavy atom. The van der Waals surface area contributed by atoms with Crippen LogP contribution in [0.3, 0.4) is 0 Å². The maximum absolute atomic E-state index is 13.0. The summed E-state index contributed by atoms with van der Waals surface area (Å²) in [5, 5.41) is 20.7. The van der Waals surface area contributed by atoms with Gasteiger partial charge in [-0.15, -0.1) is 0 Å². The number of esters is 3. The number of carbonyl (C=O) groups excluding carboxylic acids is 3. The Bertz CT molecular complexity index is 2660. The third kappa shape index (κ3) is 92.3. The van der Waals surface area contributed by atoms with Gasteiger partial charge in [-0.2, -0.15) is 0 Å². The molecule has 0 saturated carbocycles. The molecule has 0 heterocycles. The Morgan fingerprint density at radius 3 is 0.726 bits per heavy atom. The first-order valence-corrected chi connectivity index (χ1v) is 50.5. The molecular weight excluding hydrogens is 1510 g/mol. The van der Waals surface area contributed by atoms with Crippen LogP contribution in [0.4, 0.5) is 0 Å². The quantitative estimate of drug-likeness (QED) is 0.0146. The Kier molecular flexibility index (Phi) is 87.6. The number of aliphatic hydroxyl groups excluding tert-OH is 2. The summed E-state index contributed by atoms with van der Waals surface area (Å²) in [5.41, 5.74) is 0. The standard InChI is InChI=1S/C99H174O16P2/c1-4-7-10-13-16-19-22-25-28-30-32-34-36-38-40-42-44-46-48-50-52-54-56-58-60-62-65-67-70-73-76-79-82-85-97(102)109-88-94(100)89-111-116(105,106)112-90-95(101)91-113-117(107,108)114-93-96(115-99(104)87-84-81-78-75-72-69-64-27-24-21-18-15-12-9-6-3)92-110-98(103)86-83-80-77-74-71-68-66-63-61-59-57-55-53-51-49-47-45-43-41-39-37-35-33-31-29-26-23-20-17-14-11-8-5-2/h7-8,10-11,16-17,19-20,25-29,32-35,38-41,64,94-96,100-101H,4-6,9,12-15,18,21-24,30-31,36-37,42-63,65-93H2,1-3H3,(H,105,106)(H,107,108)/b10-7-,11-8-,19-16-,20-17-,28-25-,29-26-,34-32-,35-33-,40-38-,41-39-,64-27-. The molecule has 0 saturated heterocycles. The zero-order valence-corrected chi connectivity index (χ0v) is 76.4. The monoisotopic (exact) mass is 1680 g/mol. The molecule has 0 aromatic rings. The van der Waals surface area contributed by atoms with Gasteiger partial charge in [0.15, 0.2) is 6.10 Å². The number of hydrogen-bond donors (Lipinski definition) is 4. The van der Waals surface area contributed by atoms with Crippen LogP contribution in [-0.4, -0.2) is 95.9 Å². The minimum atomic E-state index is -4.94. The molecule has 0 rings (SSSR count). The van der Waals surface area contributed by atoms with Crippen molar-refractivity contribution >= 4 is 33.6 Å². The van der Waals surface area contributed by atoms with Crippen LogP contribution in [-0.2, 0) is 55.8 Å². The van der Waals surface area contributed by atoms with E-state index in [4.69, 9.17) is 32.3 Å². The summed E-state index contributed by atoms with van der Waals surface area (Å²) in [6.45, 7) is 2.51. The number of unbranched alkanes of at least 4 members (excludes halogenated alkanes) is 45. The number of phosphoric ester groups is 2. The van der Waals surface area contributed by atoms with Crippen molar-refractivity contribution in [1.82, 2.24) is 0 Å². The number of phosphoric acid groups is 2. The molecule has 0 aliphatic heterocycles. The number of hydrogen-bond acceptors (Lipinski definition) is 14. The lowest BCUT2D eigenvalue weighted by molar-refractivity contribution is -0.161. The van der Waals surface area contributed by atoms with E-state index in [9.17, 15) is 43.5 Å². The van der Waals surface area contributed by atoms with Crippen molar-refractivity contribution in [3.05, 3.63) is 134 Å². The van der Waals surface area contributed by atoms with E-state index in [1.807, 2.05) is 0 Å². The van der Waals surface area contributed by atoms with Crippen LogP contribution in [0.5, 0.6) is 0 Å². The molecule has 0 aromatic heterocycles. The van der Waals surface area contributed by atoms with E-state index < -0.39 is 91.5 Å². The number of ether oxygens (including phenoxy) is 3. The average Bonchev–Trinajstić information content (AvgIpc) is 0.874. The van der Waals surface area contributed by atoms with Gasteiger partial charge in [0.1, 0.15) is 25.4 Å². The highest BCUT2D eigenvalue weighted by atomic mass is 31.2. The zero-order valence-electron chi connectivity index (χ0n) is 74.6. The lowest BCUT2D eigenvalue weighted by atomic mass is 10.0. The van der Waals surface area contributed by atoms with Crippen LogP contribution in [0.1, 0.15) is 419 Å². The molecule has 0 fully saturated rings. The molecule has 117 heavy (non-hydrogen) atoms. The molecule has 0 bridgehead atoms. The summed E-state index contributed by atoms with van der Waals surface area (Å²) in [6, 6.07) is 0. The number of rotatable bonds is 90. The number of aliphatic hydroxyl groups is 2. The van der Waals surface area contributed by atoms with Gasteiger partial charge in [-0.25, -0.2) is 9.13 Å². The largest absolute Gasteiger partial charge is 0.472 e. The summed E-state index contributed by atoms with van der Waals surface area (Å²) in [6.07, 6.45) is 114. The highest BCUT2D eigenvalue weighted by molar-refractivity contribution is 7.47. The van der Waals surface area contributed by atoms with Crippen molar-refractivity contribution < 1.29 is 75.8 Å². The summed E-state index contributed by atoms with van der Waals surface area (Å²) in [7, 11) is -9.80. The SMILES string of the molecule is CC/C=C\C/C=C\C/C=C\C/C=C\C/C=C\CCCCCCCCCCCCCCCCCCCC(=O)OCC(O)COP(=O)(O)OCC(O)COP(=O)(O)OCC(COC(=O)CCCCCCCCCCCCCCCCCCC/C=C\C/C=C\C/C=C\C/C=C\C/C=C\CC)OC(=O)CCCCCCC/C=C\CCCCCCCC.